The van der Waals surface area contributed by atoms with Gasteiger partial charge in [-0.1, -0.05) is 152 Å². The monoisotopic (exact) mass is 905 g/mol. The van der Waals surface area contributed by atoms with Gasteiger partial charge < -0.3 is 29.3 Å². The number of phosphoric ester groups is 2. The van der Waals surface area contributed by atoms with E-state index in [4.69, 9.17) is 23.8 Å². The maximum atomic E-state index is 12.7. The number of ether oxygens (including phenoxy) is 2. The third-order valence-electron chi connectivity index (χ3n) is 9.37. The van der Waals surface area contributed by atoms with Crippen LogP contribution in [0.25, 0.3) is 0 Å². The Morgan fingerprint density at radius 1 is 0.475 bits per heavy atom. The van der Waals surface area contributed by atoms with Crippen LogP contribution in [0.15, 0.2) is 60.8 Å². The minimum absolute atomic E-state index is 0.113. The summed E-state index contributed by atoms with van der Waals surface area (Å²) >= 11 is 0. The Labute approximate surface area is 368 Å². The molecule has 0 saturated carbocycles. The highest BCUT2D eigenvalue weighted by atomic mass is 31.2. The second-order valence-electron chi connectivity index (χ2n) is 15.3. The summed E-state index contributed by atoms with van der Waals surface area (Å²) in [5, 5.41) is 9.75. The number of allylic oxidation sites excluding steroid dienone is 10. The largest absolute Gasteiger partial charge is 0.472 e. The number of aliphatic hydroxyl groups excluding tert-OH is 1. The molecule has 15 heteroatoms. The number of aliphatic hydroxyl groups is 1. The van der Waals surface area contributed by atoms with Crippen LogP contribution in [0, 0.1) is 0 Å². The molecule has 0 aliphatic heterocycles. The molecule has 0 aliphatic carbocycles. The molecule has 61 heavy (non-hydrogen) atoms. The lowest BCUT2D eigenvalue weighted by molar-refractivity contribution is -0.161. The highest BCUT2D eigenvalue weighted by Gasteiger charge is 2.28. The van der Waals surface area contributed by atoms with Gasteiger partial charge in [-0.15, -0.1) is 0 Å². The minimum Gasteiger partial charge on any atom is -0.462 e. The first-order chi connectivity index (χ1) is 29.4. The van der Waals surface area contributed by atoms with E-state index in [1.54, 1.807) is 0 Å². The summed E-state index contributed by atoms with van der Waals surface area (Å²) < 4.78 is 47.8. The molecule has 0 saturated heterocycles. The molecule has 0 aromatic rings. The lowest BCUT2D eigenvalue weighted by Gasteiger charge is -2.20. The Morgan fingerprint density at radius 3 is 1.41 bits per heavy atom. The molecule has 0 aromatic heterocycles. The van der Waals surface area contributed by atoms with Crippen LogP contribution >= 0.6 is 15.6 Å². The van der Waals surface area contributed by atoms with Crippen molar-refractivity contribution < 1.29 is 61.6 Å². The van der Waals surface area contributed by atoms with Crippen molar-refractivity contribution in [3.8, 4) is 0 Å². The van der Waals surface area contributed by atoms with E-state index >= 15 is 0 Å². The average molecular weight is 905 g/mol. The number of hydrogen-bond donors (Lipinski definition) is 4. The van der Waals surface area contributed by atoms with Gasteiger partial charge in [0, 0.05) is 12.8 Å². The van der Waals surface area contributed by atoms with Gasteiger partial charge in [0.1, 0.15) is 12.7 Å². The van der Waals surface area contributed by atoms with Crippen LogP contribution in [0.2, 0.25) is 0 Å². The number of carbonyl (C=O) groups excluding carboxylic acids is 2. The lowest BCUT2D eigenvalue weighted by atomic mass is 10.1. The SMILES string of the molecule is CCCCC/C=C\C/C=C\C/C=C\C/C=C\CCCC(=O)OC[C@H](COP(=O)(O)OC[C@@H](O)COP(=O)(O)O)OC(=O)CCCCCCCCC/C=C\CCCCCCCC. The Balaban J connectivity index is 4.58. The Morgan fingerprint density at radius 2 is 0.869 bits per heavy atom. The maximum Gasteiger partial charge on any atom is 0.472 e. The van der Waals surface area contributed by atoms with E-state index in [1.165, 1.54) is 77.0 Å². The van der Waals surface area contributed by atoms with Crippen molar-refractivity contribution in [2.75, 3.05) is 26.4 Å². The van der Waals surface area contributed by atoms with Crippen molar-refractivity contribution >= 4 is 27.6 Å². The summed E-state index contributed by atoms with van der Waals surface area (Å²) in [4.78, 5) is 52.7. The summed E-state index contributed by atoms with van der Waals surface area (Å²) in [6.07, 6.45) is 45.0. The van der Waals surface area contributed by atoms with Crippen LogP contribution in [-0.2, 0) is 41.8 Å². The third-order valence-corrected chi connectivity index (χ3v) is 10.8. The standard InChI is InChI=1S/C46H82O13P2/c1-3-5-7-9-11-13-15-17-19-21-23-25-27-29-31-33-35-37-45(48)55-41-44(42-58-61(53,54)57-40-43(47)39-56-60(50,51)52)59-46(49)38-36-34-32-30-28-26-24-22-20-18-16-14-12-10-8-6-4-2/h11,13,17-20,23,25,29,31,43-44,47H,3-10,12,14-16,21-22,24,26-28,30,32-42H2,1-2H3,(H,53,54)(H2,50,51,52)/b13-11-,19-17-,20-18-,25-23-,31-29-/t43-,44+/m0/s1. The van der Waals surface area contributed by atoms with Crippen LogP contribution < -0.4 is 0 Å². The van der Waals surface area contributed by atoms with Gasteiger partial charge in [-0.2, -0.15) is 0 Å². The zero-order valence-electron chi connectivity index (χ0n) is 37.5. The predicted octanol–water partition coefficient (Wildman–Crippen LogP) is 12.0. The summed E-state index contributed by atoms with van der Waals surface area (Å²) in [5.41, 5.74) is 0. The quantitative estimate of drug-likeness (QED) is 0.0195. The minimum atomic E-state index is -4.87. The molecule has 0 fully saturated rings. The van der Waals surface area contributed by atoms with Crippen molar-refractivity contribution in [3.63, 3.8) is 0 Å². The van der Waals surface area contributed by atoms with E-state index in [0.717, 1.165) is 57.8 Å². The van der Waals surface area contributed by atoms with Crippen LogP contribution in [0.3, 0.4) is 0 Å². The molecule has 0 amide bonds. The average Bonchev–Trinajstić information content (AvgIpc) is 3.22. The van der Waals surface area contributed by atoms with E-state index in [2.05, 4.69) is 71.5 Å². The summed E-state index contributed by atoms with van der Waals surface area (Å²) in [6, 6.07) is 0. The molecule has 0 aromatic carbocycles. The number of phosphoric acid groups is 2. The van der Waals surface area contributed by atoms with Crippen molar-refractivity contribution in [2.45, 2.75) is 193 Å². The van der Waals surface area contributed by atoms with Gasteiger partial charge >= 0.3 is 27.6 Å². The van der Waals surface area contributed by atoms with E-state index in [0.29, 0.717) is 19.3 Å². The van der Waals surface area contributed by atoms with Gasteiger partial charge in [-0.25, -0.2) is 9.13 Å². The first-order valence-electron chi connectivity index (χ1n) is 23.0. The van der Waals surface area contributed by atoms with Crippen LogP contribution in [-0.4, -0.2) is 70.4 Å². The Kier molecular flexibility index (Phi) is 40.3. The smallest absolute Gasteiger partial charge is 0.462 e. The molecule has 0 aliphatic rings. The molecule has 0 rings (SSSR count). The predicted molar refractivity (Wildman–Crippen MR) is 244 cm³/mol. The second-order valence-corrected chi connectivity index (χ2v) is 18.0. The van der Waals surface area contributed by atoms with Gasteiger partial charge in [0.15, 0.2) is 6.10 Å². The number of esters is 2. The first-order valence-corrected chi connectivity index (χ1v) is 26.0. The molecule has 0 radical (unpaired) electrons. The zero-order valence-corrected chi connectivity index (χ0v) is 39.3. The topological polar surface area (TPSA) is 195 Å². The zero-order chi connectivity index (χ0) is 45.1. The fourth-order valence-corrected chi connectivity index (χ4v) is 7.02. The van der Waals surface area contributed by atoms with Gasteiger partial charge in [0.25, 0.3) is 0 Å². The highest BCUT2D eigenvalue weighted by Crippen LogP contribution is 2.43. The van der Waals surface area contributed by atoms with Gasteiger partial charge in [-0.3, -0.25) is 23.2 Å². The van der Waals surface area contributed by atoms with Crippen molar-refractivity contribution in [2.24, 2.45) is 0 Å². The van der Waals surface area contributed by atoms with Crippen LogP contribution in [0.5, 0.6) is 0 Å². The first kappa shape index (κ1) is 58.8. The molecular weight excluding hydrogens is 822 g/mol. The molecule has 13 nitrogen and oxygen atoms in total. The number of unbranched alkanes of at least 4 members (excludes halogenated alkanes) is 17. The number of carbonyl (C=O) groups is 2. The second kappa shape index (κ2) is 41.8. The van der Waals surface area contributed by atoms with Crippen LogP contribution in [0.4, 0.5) is 0 Å². The summed E-state index contributed by atoms with van der Waals surface area (Å²) in [5.74, 6) is -1.10. The Hall–Kier alpha value is -2.18. The van der Waals surface area contributed by atoms with E-state index in [1.807, 2.05) is 12.2 Å². The van der Waals surface area contributed by atoms with E-state index in [9.17, 15) is 28.7 Å². The molecule has 4 N–H and O–H groups in total. The molecule has 1 unspecified atom stereocenters. The Bertz CT molecular complexity index is 1310. The van der Waals surface area contributed by atoms with E-state index in [-0.39, 0.29) is 12.8 Å². The van der Waals surface area contributed by atoms with Crippen molar-refractivity contribution in [1.29, 1.82) is 0 Å². The summed E-state index contributed by atoms with van der Waals surface area (Å²) in [6.45, 7) is 1.67. The maximum absolute atomic E-state index is 12.7. The van der Waals surface area contributed by atoms with E-state index < -0.39 is 66.2 Å². The normalized spacial score (nSPS) is 14.5. The molecule has 0 heterocycles. The lowest BCUT2D eigenvalue weighted by Crippen LogP contribution is -2.30. The van der Waals surface area contributed by atoms with Crippen LogP contribution in [0.1, 0.15) is 181 Å². The fourth-order valence-electron chi connectivity index (χ4n) is 5.86. The van der Waals surface area contributed by atoms with Gasteiger partial charge in [-0.05, 0) is 77.0 Å². The fraction of sp³-hybridized carbons (Fsp3) is 0.739. The summed E-state index contributed by atoms with van der Waals surface area (Å²) in [7, 11) is -9.69. The number of rotatable bonds is 43. The molecular formula is C46H82O13P2. The van der Waals surface area contributed by atoms with Gasteiger partial charge in [0.2, 0.25) is 0 Å². The third kappa shape index (κ3) is 45.7. The number of hydrogen-bond acceptors (Lipinski definition) is 10. The molecule has 3 atom stereocenters. The molecule has 354 valence electrons. The van der Waals surface area contributed by atoms with Crippen molar-refractivity contribution in [3.05, 3.63) is 60.8 Å². The molecule has 0 spiro atoms. The molecule has 0 bridgehead atoms. The van der Waals surface area contributed by atoms with Gasteiger partial charge in [0.05, 0.1) is 19.8 Å². The van der Waals surface area contributed by atoms with Crippen molar-refractivity contribution in [1.82, 2.24) is 0 Å². The highest BCUT2D eigenvalue weighted by molar-refractivity contribution is 7.47.